The van der Waals surface area contributed by atoms with Gasteiger partial charge in [0.25, 0.3) is 0 Å². The second kappa shape index (κ2) is 15.5. The van der Waals surface area contributed by atoms with Gasteiger partial charge in [0, 0.05) is 32.8 Å². The fourth-order valence-electron chi connectivity index (χ4n) is 5.70. The van der Waals surface area contributed by atoms with Gasteiger partial charge in [0.15, 0.2) is 17.2 Å². The van der Waals surface area contributed by atoms with E-state index >= 15 is 0 Å². The van der Waals surface area contributed by atoms with Gasteiger partial charge in [0.2, 0.25) is 12.1 Å². The predicted molar refractivity (Wildman–Crippen MR) is 179 cm³/mol. The molecule has 47 heavy (non-hydrogen) atoms. The fourth-order valence-corrected chi connectivity index (χ4v) is 5.97. The van der Waals surface area contributed by atoms with E-state index in [1.165, 1.54) is 14.2 Å². The molecule has 2 unspecified atom stereocenters. The van der Waals surface area contributed by atoms with Crippen LogP contribution < -0.4 is 0 Å². The maximum absolute atomic E-state index is 14.1. The van der Waals surface area contributed by atoms with Crippen LogP contribution >= 0.6 is 11.6 Å². The molecule has 0 fully saturated rings. The van der Waals surface area contributed by atoms with Crippen LogP contribution in [-0.2, 0) is 20.6 Å². The van der Waals surface area contributed by atoms with E-state index in [9.17, 15) is 4.79 Å². The average molecular weight is 658 g/mol. The van der Waals surface area contributed by atoms with Crippen LogP contribution in [0.25, 0.3) is 22.5 Å². The van der Waals surface area contributed by atoms with Crippen LogP contribution in [0.1, 0.15) is 92.4 Å². The molecule has 0 N–H and O–H groups in total. The first kappa shape index (κ1) is 34.1. The molecule has 3 aromatic heterocycles. The van der Waals surface area contributed by atoms with E-state index in [4.69, 9.17) is 25.8 Å². The first-order chi connectivity index (χ1) is 22.8. The summed E-state index contributed by atoms with van der Waals surface area (Å²) in [7, 11) is 3.04. The fraction of sp³-hybridized carbons (Fsp3) is 0.371. The van der Waals surface area contributed by atoms with Gasteiger partial charge in [-0.1, -0.05) is 79.5 Å². The number of carbonyl (C=O) groups excluding carboxylic acids is 1. The first-order valence-corrected chi connectivity index (χ1v) is 16.1. The van der Waals surface area contributed by atoms with E-state index < -0.39 is 6.29 Å². The SMILES string of the molecule is CCCCc1nc(Cl)c(C(=O)c2cccc(C(OC)OC)n2)n1C(C)c1ccc(-c2ccccc2-c2nnnn2C(C)OCC)cc1. The number of hydrogen-bond donors (Lipinski definition) is 0. The molecule has 5 aromatic rings. The number of rotatable bonds is 15. The minimum absolute atomic E-state index is 0.153. The quantitative estimate of drug-likeness (QED) is 0.0845. The van der Waals surface area contributed by atoms with Crippen molar-refractivity contribution in [2.45, 2.75) is 65.5 Å². The number of nitrogens with zero attached hydrogens (tertiary/aromatic N) is 7. The van der Waals surface area contributed by atoms with Crippen molar-refractivity contribution in [2.75, 3.05) is 20.8 Å². The zero-order valence-corrected chi connectivity index (χ0v) is 28.3. The lowest BCUT2D eigenvalue weighted by molar-refractivity contribution is -0.108. The lowest BCUT2D eigenvalue weighted by Crippen LogP contribution is -2.19. The van der Waals surface area contributed by atoms with Crippen LogP contribution in [-0.4, -0.2) is 61.4 Å². The van der Waals surface area contributed by atoms with Gasteiger partial charge in [-0.3, -0.25) is 4.79 Å². The molecule has 0 saturated heterocycles. The van der Waals surface area contributed by atoms with Crippen molar-refractivity contribution in [3.8, 4) is 22.5 Å². The Morgan fingerprint density at radius 2 is 1.64 bits per heavy atom. The highest BCUT2D eigenvalue weighted by Gasteiger charge is 2.28. The zero-order chi connectivity index (χ0) is 33.5. The van der Waals surface area contributed by atoms with Gasteiger partial charge in [-0.15, -0.1) is 5.10 Å². The summed E-state index contributed by atoms with van der Waals surface area (Å²) in [4.78, 5) is 23.3. The Labute approximate surface area is 279 Å². The van der Waals surface area contributed by atoms with Gasteiger partial charge in [0.1, 0.15) is 17.2 Å². The highest BCUT2D eigenvalue weighted by atomic mass is 35.5. The predicted octanol–water partition coefficient (Wildman–Crippen LogP) is 7.28. The molecule has 0 spiro atoms. The third kappa shape index (κ3) is 7.18. The largest absolute Gasteiger partial charge is 0.357 e. The van der Waals surface area contributed by atoms with Gasteiger partial charge >= 0.3 is 0 Å². The van der Waals surface area contributed by atoms with E-state index in [0.29, 0.717) is 30.2 Å². The summed E-state index contributed by atoms with van der Waals surface area (Å²) in [6.07, 6.45) is 1.54. The smallest absolute Gasteiger partial charge is 0.230 e. The van der Waals surface area contributed by atoms with Crippen molar-refractivity contribution in [3.05, 3.63) is 100 Å². The number of halogens is 1. The molecule has 5 rings (SSSR count). The van der Waals surface area contributed by atoms with Gasteiger partial charge in [-0.2, -0.15) is 4.68 Å². The van der Waals surface area contributed by atoms with Gasteiger partial charge < -0.3 is 18.8 Å². The number of methoxy groups -OCH3 is 2. The summed E-state index contributed by atoms with van der Waals surface area (Å²) >= 11 is 6.73. The number of aryl methyl sites for hydroxylation is 1. The standard InChI is InChI=1S/C35H40ClN7O4/c1-7-9-17-30-38-33(36)31(32(44)28-15-12-16-29(37-28)35(45-5)46-6)42(30)22(3)24-18-20-25(21-19-24)26-13-10-11-14-27(26)34-39-40-41-43(34)23(4)47-8-2/h10-16,18-23,35H,7-9,17H2,1-6H3. The monoisotopic (exact) mass is 657 g/mol. The molecule has 0 aliphatic heterocycles. The molecule has 0 amide bonds. The number of unbranched alkanes of at least 4 members (excludes halogenated alkanes) is 1. The van der Waals surface area contributed by atoms with E-state index in [2.05, 4.69) is 56.7 Å². The Morgan fingerprint density at radius 1 is 0.915 bits per heavy atom. The lowest BCUT2D eigenvalue weighted by atomic mass is 9.96. The number of imidazole rings is 1. The number of benzene rings is 2. The third-order valence-electron chi connectivity index (χ3n) is 8.09. The van der Waals surface area contributed by atoms with Crippen molar-refractivity contribution in [1.29, 1.82) is 0 Å². The second-order valence-electron chi connectivity index (χ2n) is 11.1. The number of pyridine rings is 1. The maximum atomic E-state index is 14.1. The van der Waals surface area contributed by atoms with Crippen molar-refractivity contribution in [3.63, 3.8) is 0 Å². The number of aromatic nitrogens is 7. The molecule has 0 radical (unpaired) electrons. The number of hydrogen-bond acceptors (Lipinski definition) is 9. The van der Waals surface area contributed by atoms with Gasteiger partial charge in [0.05, 0.1) is 11.7 Å². The molecule has 0 aliphatic rings. The number of ketones is 1. The van der Waals surface area contributed by atoms with Crippen LogP contribution in [0, 0.1) is 0 Å². The lowest BCUT2D eigenvalue weighted by Gasteiger charge is -2.21. The molecule has 11 nitrogen and oxygen atoms in total. The summed E-state index contributed by atoms with van der Waals surface area (Å²) in [5.41, 5.74) is 4.86. The third-order valence-corrected chi connectivity index (χ3v) is 8.35. The number of carbonyl (C=O) groups is 1. The molecule has 3 heterocycles. The summed E-state index contributed by atoms with van der Waals surface area (Å²) in [5.74, 6) is 1.05. The van der Waals surface area contributed by atoms with Crippen molar-refractivity contribution in [2.24, 2.45) is 0 Å². The Kier molecular flexibility index (Phi) is 11.3. The van der Waals surface area contributed by atoms with Crippen molar-refractivity contribution < 1.29 is 19.0 Å². The molecular formula is C35H40ClN7O4. The van der Waals surface area contributed by atoms with E-state index in [0.717, 1.165) is 40.9 Å². The summed E-state index contributed by atoms with van der Waals surface area (Å²) < 4.78 is 20.1. The molecule has 2 atom stereocenters. The minimum Gasteiger partial charge on any atom is -0.357 e. The van der Waals surface area contributed by atoms with Crippen molar-refractivity contribution in [1.82, 2.24) is 34.7 Å². The number of ether oxygens (including phenoxy) is 3. The van der Waals surface area contributed by atoms with Crippen LogP contribution in [0.2, 0.25) is 5.15 Å². The van der Waals surface area contributed by atoms with E-state index in [1.54, 1.807) is 22.9 Å². The van der Waals surface area contributed by atoms with Crippen LogP contribution in [0.15, 0.2) is 66.7 Å². The first-order valence-electron chi connectivity index (χ1n) is 15.8. The molecule has 12 heteroatoms. The van der Waals surface area contributed by atoms with E-state index in [-0.39, 0.29) is 28.9 Å². The summed E-state index contributed by atoms with van der Waals surface area (Å²) in [6, 6.07) is 21.2. The van der Waals surface area contributed by atoms with Crippen LogP contribution in [0.5, 0.6) is 0 Å². The summed E-state index contributed by atoms with van der Waals surface area (Å²) in [5, 5.41) is 12.6. The highest BCUT2D eigenvalue weighted by Crippen LogP contribution is 2.34. The Bertz CT molecular complexity index is 1800. The minimum atomic E-state index is -0.702. The molecule has 246 valence electrons. The van der Waals surface area contributed by atoms with Crippen LogP contribution in [0.4, 0.5) is 0 Å². The molecule has 2 aromatic carbocycles. The van der Waals surface area contributed by atoms with Crippen molar-refractivity contribution >= 4 is 17.4 Å². The Morgan fingerprint density at radius 3 is 2.32 bits per heavy atom. The molecule has 0 saturated carbocycles. The van der Waals surface area contributed by atoms with Gasteiger partial charge in [-0.05, 0) is 66.4 Å². The number of tetrazole rings is 1. The normalized spacial score (nSPS) is 12.9. The maximum Gasteiger partial charge on any atom is 0.230 e. The average Bonchev–Trinajstić information content (AvgIpc) is 3.72. The molecule has 0 aliphatic carbocycles. The zero-order valence-electron chi connectivity index (χ0n) is 27.6. The Balaban J connectivity index is 1.51. The highest BCUT2D eigenvalue weighted by molar-refractivity contribution is 6.33. The second-order valence-corrected chi connectivity index (χ2v) is 11.4. The van der Waals surface area contributed by atoms with E-state index in [1.807, 2.05) is 49.6 Å². The Hall–Kier alpha value is -4.29. The molecule has 0 bridgehead atoms. The topological polar surface area (TPSA) is 119 Å². The summed E-state index contributed by atoms with van der Waals surface area (Å²) in [6.45, 7) is 8.57. The van der Waals surface area contributed by atoms with Gasteiger partial charge in [-0.25, -0.2) is 9.97 Å². The molecular weight excluding hydrogens is 618 g/mol. The van der Waals surface area contributed by atoms with Crippen LogP contribution in [0.3, 0.4) is 0 Å².